The molecule has 2 aromatic rings. The van der Waals surface area contributed by atoms with Crippen LogP contribution in [0.15, 0.2) is 41.0 Å². The van der Waals surface area contributed by atoms with Crippen LogP contribution in [0.4, 0.5) is 0 Å². The number of rotatable bonds is 3. The maximum atomic E-state index is 5.47. The van der Waals surface area contributed by atoms with Gasteiger partial charge in [-0.2, -0.15) is 5.10 Å². The van der Waals surface area contributed by atoms with E-state index in [0.717, 1.165) is 22.3 Å². The third kappa shape index (κ3) is 2.27. The highest BCUT2D eigenvalue weighted by Gasteiger charge is 2.04. The lowest BCUT2D eigenvalue weighted by molar-refractivity contribution is 0.627. The summed E-state index contributed by atoms with van der Waals surface area (Å²) < 4.78 is 2.91. The predicted molar refractivity (Wildman–Crippen MR) is 64.4 cm³/mol. The molecule has 0 amide bonds. The maximum absolute atomic E-state index is 5.47. The van der Waals surface area contributed by atoms with Crippen LogP contribution in [-0.4, -0.2) is 16.3 Å². The van der Waals surface area contributed by atoms with E-state index in [1.165, 1.54) is 0 Å². The molecular formula is C11H12BrN3. The Morgan fingerprint density at radius 3 is 2.80 bits per heavy atom. The Balaban J connectivity index is 2.33. The van der Waals surface area contributed by atoms with Crippen LogP contribution in [0.2, 0.25) is 0 Å². The topological polar surface area (TPSA) is 43.8 Å². The van der Waals surface area contributed by atoms with E-state index in [1.54, 1.807) is 0 Å². The van der Waals surface area contributed by atoms with Crippen LogP contribution < -0.4 is 5.73 Å². The molecule has 0 radical (unpaired) electrons. The van der Waals surface area contributed by atoms with E-state index in [4.69, 9.17) is 5.73 Å². The Bertz CT molecular complexity index is 451. The Morgan fingerprint density at radius 2 is 2.07 bits per heavy atom. The molecule has 0 aliphatic carbocycles. The SMILES string of the molecule is NCCn1ccc(-c2ccccc2Br)n1. The lowest BCUT2D eigenvalue weighted by Crippen LogP contribution is -2.10. The van der Waals surface area contributed by atoms with E-state index < -0.39 is 0 Å². The summed E-state index contributed by atoms with van der Waals surface area (Å²) in [7, 11) is 0. The normalized spacial score (nSPS) is 10.5. The monoisotopic (exact) mass is 265 g/mol. The zero-order valence-electron chi connectivity index (χ0n) is 8.23. The molecule has 78 valence electrons. The van der Waals surface area contributed by atoms with E-state index >= 15 is 0 Å². The van der Waals surface area contributed by atoms with Crippen molar-refractivity contribution in [1.82, 2.24) is 9.78 Å². The van der Waals surface area contributed by atoms with E-state index in [1.807, 2.05) is 41.2 Å². The van der Waals surface area contributed by atoms with Gasteiger partial charge in [0.2, 0.25) is 0 Å². The minimum absolute atomic E-state index is 0.608. The van der Waals surface area contributed by atoms with Gasteiger partial charge in [-0.1, -0.05) is 34.1 Å². The molecule has 0 fully saturated rings. The number of benzene rings is 1. The molecule has 2 N–H and O–H groups in total. The number of nitrogens with zero attached hydrogens (tertiary/aromatic N) is 2. The maximum Gasteiger partial charge on any atom is 0.0934 e. The molecule has 0 atom stereocenters. The molecule has 1 aromatic carbocycles. The smallest absolute Gasteiger partial charge is 0.0934 e. The molecule has 0 aliphatic rings. The third-order valence-electron chi connectivity index (χ3n) is 2.15. The summed E-state index contributed by atoms with van der Waals surface area (Å²) in [5, 5.41) is 4.44. The minimum Gasteiger partial charge on any atom is -0.329 e. The van der Waals surface area contributed by atoms with E-state index in [2.05, 4.69) is 21.0 Å². The highest BCUT2D eigenvalue weighted by atomic mass is 79.9. The van der Waals surface area contributed by atoms with Crippen LogP contribution >= 0.6 is 15.9 Å². The third-order valence-corrected chi connectivity index (χ3v) is 2.84. The zero-order chi connectivity index (χ0) is 10.7. The van der Waals surface area contributed by atoms with Crippen molar-refractivity contribution < 1.29 is 0 Å². The minimum atomic E-state index is 0.608. The number of nitrogens with two attached hydrogens (primary N) is 1. The summed E-state index contributed by atoms with van der Waals surface area (Å²) >= 11 is 3.51. The molecule has 0 spiro atoms. The van der Waals surface area contributed by atoms with Crippen molar-refractivity contribution in [3.05, 3.63) is 41.0 Å². The fourth-order valence-electron chi connectivity index (χ4n) is 1.43. The average Bonchev–Trinajstić information content (AvgIpc) is 2.68. The molecule has 2 rings (SSSR count). The van der Waals surface area contributed by atoms with Crippen LogP contribution in [0.25, 0.3) is 11.3 Å². The second-order valence-electron chi connectivity index (χ2n) is 3.23. The van der Waals surface area contributed by atoms with Crippen LogP contribution in [0, 0.1) is 0 Å². The average molecular weight is 266 g/mol. The van der Waals surface area contributed by atoms with Crippen LogP contribution in [0.5, 0.6) is 0 Å². The molecule has 4 heteroatoms. The highest BCUT2D eigenvalue weighted by molar-refractivity contribution is 9.10. The second-order valence-corrected chi connectivity index (χ2v) is 4.09. The molecule has 1 heterocycles. The van der Waals surface area contributed by atoms with Crippen LogP contribution in [0.3, 0.4) is 0 Å². The number of hydrogen-bond acceptors (Lipinski definition) is 2. The summed E-state index contributed by atoms with van der Waals surface area (Å²) in [6, 6.07) is 10.0. The number of aromatic nitrogens is 2. The van der Waals surface area contributed by atoms with Crippen molar-refractivity contribution in [2.24, 2.45) is 5.73 Å². The summed E-state index contributed by atoms with van der Waals surface area (Å²) in [6.45, 7) is 1.36. The van der Waals surface area contributed by atoms with Gasteiger partial charge in [0.15, 0.2) is 0 Å². The van der Waals surface area contributed by atoms with Crippen molar-refractivity contribution >= 4 is 15.9 Å². The van der Waals surface area contributed by atoms with Crippen molar-refractivity contribution in [3.63, 3.8) is 0 Å². The molecule has 3 nitrogen and oxygen atoms in total. The Morgan fingerprint density at radius 1 is 1.27 bits per heavy atom. The van der Waals surface area contributed by atoms with Gasteiger partial charge < -0.3 is 5.73 Å². The number of halogens is 1. The summed E-state index contributed by atoms with van der Waals surface area (Å²) in [5.41, 5.74) is 7.54. The van der Waals surface area contributed by atoms with Crippen LogP contribution in [-0.2, 0) is 6.54 Å². The molecule has 0 saturated carbocycles. The van der Waals surface area contributed by atoms with Gasteiger partial charge in [-0.3, -0.25) is 4.68 Å². The fraction of sp³-hybridized carbons (Fsp3) is 0.182. The molecule has 0 unspecified atom stereocenters. The molecule has 15 heavy (non-hydrogen) atoms. The molecule has 0 aliphatic heterocycles. The van der Waals surface area contributed by atoms with Crippen molar-refractivity contribution in [1.29, 1.82) is 0 Å². The fourth-order valence-corrected chi connectivity index (χ4v) is 1.92. The van der Waals surface area contributed by atoms with Gasteiger partial charge in [-0.15, -0.1) is 0 Å². The van der Waals surface area contributed by atoms with Gasteiger partial charge in [0.1, 0.15) is 0 Å². The largest absolute Gasteiger partial charge is 0.329 e. The lowest BCUT2D eigenvalue weighted by atomic mass is 10.2. The Hall–Kier alpha value is -1.13. The highest BCUT2D eigenvalue weighted by Crippen LogP contribution is 2.25. The van der Waals surface area contributed by atoms with Crippen molar-refractivity contribution in [2.75, 3.05) is 6.54 Å². The van der Waals surface area contributed by atoms with Crippen LogP contribution in [0.1, 0.15) is 0 Å². The summed E-state index contributed by atoms with van der Waals surface area (Å²) in [4.78, 5) is 0. The summed E-state index contributed by atoms with van der Waals surface area (Å²) in [5.74, 6) is 0. The van der Waals surface area contributed by atoms with Gasteiger partial charge in [0.25, 0.3) is 0 Å². The van der Waals surface area contributed by atoms with Crippen molar-refractivity contribution in [3.8, 4) is 11.3 Å². The Labute approximate surface area is 97.0 Å². The van der Waals surface area contributed by atoms with Gasteiger partial charge in [-0.25, -0.2) is 0 Å². The quantitative estimate of drug-likeness (QED) is 0.926. The number of hydrogen-bond donors (Lipinski definition) is 1. The van der Waals surface area contributed by atoms with E-state index in [9.17, 15) is 0 Å². The van der Waals surface area contributed by atoms with Crippen molar-refractivity contribution in [2.45, 2.75) is 6.54 Å². The first kappa shape index (κ1) is 10.4. The first-order chi connectivity index (χ1) is 7.31. The van der Waals surface area contributed by atoms with E-state index in [-0.39, 0.29) is 0 Å². The first-order valence-electron chi connectivity index (χ1n) is 4.79. The molecule has 0 bridgehead atoms. The van der Waals surface area contributed by atoms with Gasteiger partial charge in [0.05, 0.1) is 12.2 Å². The molecule has 0 saturated heterocycles. The van der Waals surface area contributed by atoms with E-state index in [0.29, 0.717) is 6.54 Å². The summed E-state index contributed by atoms with van der Waals surface area (Å²) in [6.07, 6.45) is 1.95. The zero-order valence-corrected chi connectivity index (χ0v) is 9.81. The van der Waals surface area contributed by atoms with Gasteiger partial charge >= 0.3 is 0 Å². The molecular weight excluding hydrogens is 254 g/mol. The first-order valence-corrected chi connectivity index (χ1v) is 5.59. The second kappa shape index (κ2) is 4.59. The standard InChI is InChI=1S/C11H12BrN3/c12-10-4-2-1-3-9(10)11-5-7-15(14-11)8-6-13/h1-5,7H,6,8,13H2. The van der Waals surface area contributed by atoms with Gasteiger partial charge in [0, 0.05) is 22.8 Å². The lowest BCUT2D eigenvalue weighted by Gasteiger charge is -2.00. The predicted octanol–water partition coefficient (Wildman–Crippen LogP) is 2.27. The molecule has 1 aromatic heterocycles. The van der Waals surface area contributed by atoms with Gasteiger partial charge in [-0.05, 0) is 12.1 Å². The Kier molecular flexibility index (Phi) is 3.18.